The summed E-state index contributed by atoms with van der Waals surface area (Å²) in [6.07, 6.45) is 1.04. The summed E-state index contributed by atoms with van der Waals surface area (Å²) in [5.41, 5.74) is 4.31. The Hall–Kier alpha value is -2.85. The number of carboxylic acid groups (broad SMARTS) is 1. The maximum Gasteiger partial charge on any atom is 0.337 e. The monoisotopic (exact) mass is 451 g/mol. The van der Waals surface area contributed by atoms with Crippen molar-refractivity contribution in [1.29, 1.82) is 0 Å². The van der Waals surface area contributed by atoms with E-state index in [1.165, 1.54) is 5.56 Å². The standard InChI is InChI=1S/C27H30ClNO3/c1-6-27(4,5)19-10-12-21(13-11-19)32-16-24-23(26(30)31)15-22(25(29-24)17(2)3)18-8-7-9-20(28)14-18/h7-15,17H,6,16H2,1-5H3,(H,30,31). The van der Waals surface area contributed by atoms with Crippen LogP contribution in [0.5, 0.6) is 5.75 Å². The second kappa shape index (κ2) is 9.74. The van der Waals surface area contributed by atoms with Crippen LogP contribution in [0.4, 0.5) is 0 Å². The number of aromatic nitrogens is 1. The van der Waals surface area contributed by atoms with Crippen LogP contribution in [-0.4, -0.2) is 16.1 Å². The highest BCUT2D eigenvalue weighted by molar-refractivity contribution is 6.30. The Kier molecular flexibility index (Phi) is 7.25. The SMILES string of the molecule is CCC(C)(C)c1ccc(OCc2nc(C(C)C)c(-c3cccc(Cl)c3)cc2C(=O)O)cc1. The second-order valence-corrected chi connectivity index (χ2v) is 9.37. The van der Waals surface area contributed by atoms with Gasteiger partial charge in [-0.25, -0.2) is 4.79 Å². The smallest absolute Gasteiger partial charge is 0.337 e. The van der Waals surface area contributed by atoms with E-state index in [-0.39, 0.29) is 23.5 Å². The number of pyridine rings is 1. The molecule has 1 N–H and O–H groups in total. The van der Waals surface area contributed by atoms with Crippen LogP contribution < -0.4 is 4.74 Å². The molecule has 0 aliphatic carbocycles. The largest absolute Gasteiger partial charge is 0.487 e. The molecule has 0 atom stereocenters. The molecule has 0 bridgehead atoms. The summed E-state index contributed by atoms with van der Waals surface area (Å²) in [5, 5.41) is 10.4. The first kappa shape index (κ1) is 23.8. The molecule has 0 fully saturated rings. The number of carbonyl (C=O) groups is 1. The van der Waals surface area contributed by atoms with Crippen molar-refractivity contribution >= 4 is 17.6 Å². The van der Waals surface area contributed by atoms with Crippen molar-refractivity contribution in [2.75, 3.05) is 0 Å². The van der Waals surface area contributed by atoms with Crippen LogP contribution in [0.3, 0.4) is 0 Å². The fraction of sp³-hybridized carbons (Fsp3) is 0.333. The van der Waals surface area contributed by atoms with E-state index in [9.17, 15) is 9.90 Å². The van der Waals surface area contributed by atoms with Crippen molar-refractivity contribution in [3.63, 3.8) is 0 Å². The van der Waals surface area contributed by atoms with Gasteiger partial charge in [-0.3, -0.25) is 4.98 Å². The molecule has 0 spiro atoms. The van der Waals surface area contributed by atoms with Crippen molar-refractivity contribution < 1.29 is 14.6 Å². The van der Waals surface area contributed by atoms with Gasteiger partial charge in [0.15, 0.2) is 0 Å². The minimum atomic E-state index is -1.03. The van der Waals surface area contributed by atoms with E-state index in [4.69, 9.17) is 21.3 Å². The molecule has 1 heterocycles. The lowest BCUT2D eigenvalue weighted by Gasteiger charge is -2.23. The Morgan fingerprint density at radius 2 is 1.81 bits per heavy atom. The van der Waals surface area contributed by atoms with Crippen LogP contribution in [0.15, 0.2) is 54.6 Å². The Morgan fingerprint density at radius 1 is 1.12 bits per heavy atom. The number of hydrogen-bond donors (Lipinski definition) is 1. The number of hydrogen-bond acceptors (Lipinski definition) is 3. The summed E-state index contributed by atoms with van der Waals surface area (Å²) in [4.78, 5) is 16.8. The third-order valence-corrected chi connectivity index (χ3v) is 6.17. The van der Waals surface area contributed by atoms with Gasteiger partial charge in [0.25, 0.3) is 0 Å². The zero-order valence-corrected chi connectivity index (χ0v) is 20.0. The topological polar surface area (TPSA) is 59.4 Å². The molecule has 0 radical (unpaired) electrons. The molecule has 1 aromatic heterocycles. The van der Waals surface area contributed by atoms with Crippen molar-refractivity contribution in [2.45, 2.75) is 59.0 Å². The number of ether oxygens (including phenoxy) is 1. The molecule has 32 heavy (non-hydrogen) atoms. The highest BCUT2D eigenvalue weighted by atomic mass is 35.5. The molecule has 3 aromatic rings. The summed E-state index contributed by atoms with van der Waals surface area (Å²) >= 11 is 6.17. The molecule has 168 valence electrons. The molecular formula is C27H30ClNO3. The minimum absolute atomic E-state index is 0.0771. The summed E-state index contributed by atoms with van der Waals surface area (Å²) in [7, 11) is 0. The maximum atomic E-state index is 12.0. The first-order valence-electron chi connectivity index (χ1n) is 10.9. The Bertz CT molecular complexity index is 1100. The van der Waals surface area contributed by atoms with Crippen LogP contribution in [-0.2, 0) is 12.0 Å². The van der Waals surface area contributed by atoms with Gasteiger partial charge in [-0.05, 0) is 59.2 Å². The number of benzene rings is 2. The summed E-state index contributed by atoms with van der Waals surface area (Å²) in [5.74, 6) is -0.250. The molecule has 0 amide bonds. The number of halogens is 1. The van der Waals surface area contributed by atoms with Crippen LogP contribution in [0, 0.1) is 0 Å². The highest BCUT2D eigenvalue weighted by Gasteiger charge is 2.21. The second-order valence-electron chi connectivity index (χ2n) is 8.94. The fourth-order valence-electron chi connectivity index (χ4n) is 3.55. The quantitative estimate of drug-likeness (QED) is 0.385. The molecule has 0 aliphatic heterocycles. The van der Waals surface area contributed by atoms with Gasteiger partial charge in [0.2, 0.25) is 0 Å². The van der Waals surface area contributed by atoms with E-state index in [0.29, 0.717) is 16.5 Å². The van der Waals surface area contributed by atoms with Crippen LogP contribution in [0.1, 0.15) is 74.3 Å². The van der Waals surface area contributed by atoms with E-state index in [1.54, 1.807) is 12.1 Å². The number of nitrogens with zero attached hydrogens (tertiary/aromatic N) is 1. The lowest BCUT2D eigenvalue weighted by Crippen LogP contribution is -2.15. The summed E-state index contributed by atoms with van der Waals surface area (Å²) in [6, 6.07) is 17.0. The zero-order valence-electron chi connectivity index (χ0n) is 19.3. The van der Waals surface area contributed by atoms with Crippen LogP contribution in [0.25, 0.3) is 11.1 Å². The predicted molar refractivity (Wildman–Crippen MR) is 130 cm³/mol. The van der Waals surface area contributed by atoms with Crippen LogP contribution >= 0.6 is 11.6 Å². The lowest BCUT2D eigenvalue weighted by atomic mass is 9.82. The van der Waals surface area contributed by atoms with E-state index in [1.807, 2.05) is 44.2 Å². The average Bonchev–Trinajstić information content (AvgIpc) is 2.77. The van der Waals surface area contributed by atoms with E-state index >= 15 is 0 Å². The highest BCUT2D eigenvalue weighted by Crippen LogP contribution is 2.32. The molecule has 5 heteroatoms. The third kappa shape index (κ3) is 5.31. The molecule has 0 saturated carbocycles. The predicted octanol–water partition coefficient (Wildman–Crippen LogP) is 7.49. The Morgan fingerprint density at radius 3 is 2.38 bits per heavy atom. The molecule has 0 saturated heterocycles. The number of rotatable bonds is 8. The van der Waals surface area contributed by atoms with E-state index < -0.39 is 5.97 Å². The first-order chi connectivity index (χ1) is 15.1. The van der Waals surface area contributed by atoms with Gasteiger partial charge in [-0.1, -0.05) is 70.5 Å². The molecule has 0 aliphatic rings. The van der Waals surface area contributed by atoms with Gasteiger partial charge in [0.1, 0.15) is 12.4 Å². The first-order valence-corrected chi connectivity index (χ1v) is 11.3. The van der Waals surface area contributed by atoms with Gasteiger partial charge < -0.3 is 9.84 Å². The summed E-state index contributed by atoms with van der Waals surface area (Å²) in [6.45, 7) is 10.7. The van der Waals surface area contributed by atoms with Gasteiger partial charge in [0.05, 0.1) is 17.0 Å². The molecular weight excluding hydrogens is 422 g/mol. The van der Waals surface area contributed by atoms with Gasteiger partial charge in [0, 0.05) is 10.6 Å². The minimum Gasteiger partial charge on any atom is -0.487 e. The zero-order chi connectivity index (χ0) is 23.5. The molecule has 2 aromatic carbocycles. The number of carboxylic acids is 1. The van der Waals surface area contributed by atoms with Crippen molar-refractivity contribution in [3.05, 3.63) is 82.1 Å². The fourth-order valence-corrected chi connectivity index (χ4v) is 3.74. The van der Waals surface area contributed by atoms with E-state index in [0.717, 1.165) is 23.2 Å². The maximum absolute atomic E-state index is 12.0. The third-order valence-electron chi connectivity index (χ3n) is 5.94. The normalized spacial score (nSPS) is 11.6. The molecule has 3 rings (SSSR count). The van der Waals surface area contributed by atoms with Crippen LogP contribution in [0.2, 0.25) is 5.02 Å². The van der Waals surface area contributed by atoms with Gasteiger partial charge >= 0.3 is 5.97 Å². The van der Waals surface area contributed by atoms with Gasteiger partial charge in [-0.2, -0.15) is 0 Å². The lowest BCUT2D eigenvalue weighted by molar-refractivity contribution is 0.0693. The van der Waals surface area contributed by atoms with Crippen molar-refractivity contribution in [3.8, 4) is 16.9 Å². The Labute approximate surface area is 195 Å². The van der Waals surface area contributed by atoms with Crippen molar-refractivity contribution in [1.82, 2.24) is 4.98 Å². The summed E-state index contributed by atoms with van der Waals surface area (Å²) < 4.78 is 5.94. The van der Waals surface area contributed by atoms with Gasteiger partial charge in [-0.15, -0.1) is 0 Å². The molecule has 4 nitrogen and oxygen atoms in total. The number of aromatic carboxylic acids is 1. The van der Waals surface area contributed by atoms with Crippen molar-refractivity contribution in [2.24, 2.45) is 0 Å². The van der Waals surface area contributed by atoms with E-state index in [2.05, 4.69) is 32.9 Å². The average molecular weight is 452 g/mol. The molecule has 0 unspecified atom stereocenters. The Balaban J connectivity index is 1.94.